The molecule has 5 amide bonds. The number of rotatable bonds is 7. The number of piperidine rings is 1. The van der Waals surface area contributed by atoms with Gasteiger partial charge in [-0.25, -0.2) is 0 Å². The van der Waals surface area contributed by atoms with Crippen molar-refractivity contribution in [2.75, 3.05) is 10.6 Å². The Morgan fingerprint density at radius 1 is 1.06 bits per heavy atom. The first-order valence-corrected chi connectivity index (χ1v) is 11.0. The second-order valence-corrected chi connectivity index (χ2v) is 8.36. The Labute approximate surface area is 200 Å². The maximum absolute atomic E-state index is 12.8. The molecule has 2 aliphatic rings. The molecule has 0 bridgehead atoms. The summed E-state index contributed by atoms with van der Waals surface area (Å²) in [4.78, 5) is 61.8. The molecule has 2 heterocycles. The first kappa shape index (κ1) is 23.2. The molecule has 1 unspecified atom stereocenters. The summed E-state index contributed by atoms with van der Waals surface area (Å²) < 4.78 is 0. The maximum Gasteiger partial charge on any atom is 0.278 e. The summed E-state index contributed by atoms with van der Waals surface area (Å²) in [5, 5.41) is 8.40. The van der Waals surface area contributed by atoms with E-state index in [4.69, 9.17) is 11.6 Å². The fourth-order valence-corrected chi connectivity index (χ4v) is 4.00. The van der Waals surface area contributed by atoms with Crippen LogP contribution in [-0.4, -0.2) is 40.5 Å². The van der Waals surface area contributed by atoms with E-state index in [0.29, 0.717) is 22.8 Å². The van der Waals surface area contributed by atoms with Crippen molar-refractivity contribution in [2.24, 2.45) is 0 Å². The molecule has 1 fully saturated rings. The van der Waals surface area contributed by atoms with Crippen LogP contribution in [-0.2, 0) is 30.4 Å². The van der Waals surface area contributed by atoms with Crippen LogP contribution in [0.2, 0.25) is 5.02 Å². The van der Waals surface area contributed by atoms with Crippen LogP contribution in [0.15, 0.2) is 60.3 Å². The molecule has 34 heavy (non-hydrogen) atoms. The summed E-state index contributed by atoms with van der Waals surface area (Å²) in [5.74, 6) is -2.50. The minimum atomic E-state index is -1.02. The summed E-state index contributed by atoms with van der Waals surface area (Å²) in [7, 11) is 0. The summed E-state index contributed by atoms with van der Waals surface area (Å²) in [6.07, 6.45) is 1.98. The molecule has 4 rings (SSSR count). The molecular formula is C24H21ClN4O5. The zero-order chi connectivity index (χ0) is 24.2. The predicted octanol–water partition coefficient (Wildman–Crippen LogP) is 2.38. The Bertz CT molecular complexity index is 1230. The van der Waals surface area contributed by atoms with Gasteiger partial charge in [0.15, 0.2) is 0 Å². The quantitative estimate of drug-likeness (QED) is 0.522. The van der Waals surface area contributed by atoms with Crippen molar-refractivity contribution in [3.05, 3.63) is 70.9 Å². The van der Waals surface area contributed by atoms with Gasteiger partial charge in [0, 0.05) is 35.3 Å². The number of hydrogen-bond acceptors (Lipinski definition) is 6. The van der Waals surface area contributed by atoms with E-state index in [-0.39, 0.29) is 30.9 Å². The van der Waals surface area contributed by atoms with Crippen molar-refractivity contribution in [3.8, 4) is 0 Å². The van der Waals surface area contributed by atoms with E-state index in [9.17, 15) is 24.0 Å². The van der Waals surface area contributed by atoms with Crippen LogP contribution in [0.25, 0.3) is 0 Å². The number of hydrogen-bond donors (Lipinski definition) is 3. The number of amides is 5. The van der Waals surface area contributed by atoms with Crippen molar-refractivity contribution in [2.45, 2.75) is 31.7 Å². The highest BCUT2D eigenvalue weighted by atomic mass is 35.5. The van der Waals surface area contributed by atoms with Crippen molar-refractivity contribution in [1.82, 2.24) is 10.2 Å². The van der Waals surface area contributed by atoms with E-state index in [0.717, 1.165) is 16.5 Å². The zero-order valence-corrected chi connectivity index (χ0v) is 18.7. The number of nitrogens with zero attached hydrogens (tertiary/aromatic N) is 1. The highest BCUT2D eigenvalue weighted by Gasteiger charge is 2.42. The van der Waals surface area contributed by atoms with Gasteiger partial charge in [0.1, 0.15) is 11.7 Å². The van der Waals surface area contributed by atoms with E-state index < -0.39 is 29.7 Å². The maximum atomic E-state index is 12.8. The van der Waals surface area contributed by atoms with Crippen molar-refractivity contribution >= 4 is 52.5 Å². The summed E-state index contributed by atoms with van der Waals surface area (Å²) in [5.41, 5.74) is 2.06. The molecule has 9 nitrogen and oxygen atoms in total. The highest BCUT2D eigenvalue weighted by Crippen LogP contribution is 2.23. The van der Waals surface area contributed by atoms with Crippen LogP contribution in [0.1, 0.15) is 24.8 Å². The third-order valence-electron chi connectivity index (χ3n) is 5.43. The highest BCUT2D eigenvalue weighted by molar-refractivity contribution is 6.30. The lowest BCUT2D eigenvalue weighted by Gasteiger charge is -2.28. The molecule has 1 saturated heterocycles. The molecule has 0 aliphatic carbocycles. The minimum Gasteiger partial charge on any atom is -0.351 e. The second-order valence-electron chi connectivity index (χ2n) is 7.92. The lowest BCUT2D eigenvalue weighted by atomic mass is 10.0. The van der Waals surface area contributed by atoms with Crippen LogP contribution in [0.4, 0.5) is 11.4 Å². The Balaban J connectivity index is 1.36. The van der Waals surface area contributed by atoms with Crippen LogP contribution in [0, 0.1) is 0 Å². The van der Waals surface area contributed by atoms with Gasteiger partial charge in [0.2, 0.25) is 17.7 Å². The van der Waals surface area contributed by atoms with E-state index in [1.165, 1.54) is 0 Å². The number of carbonyl (C=O) groups is 5. The van der Waals surface area contributed by atoms with Gasteiger partial charge < -0.3 is 10.6 Å². The Hall–Kier alpha value is -3.98. The smallest absolute Gasteiger partial charge is 0.278 e. The topological polar surface area (TPSA) is 125 Å². The van der Waals surface area contributed by atoms with E-state index in [1.54, 1.807) is 42.5 Å². The van der Waals surface area contributed by atoms with Gasteiger partial charge in [-0.05, 0) is 48.7 Å². The molecule has 0 spiro atoms. The number of anilines is 2. The third-order valence-corrected chi connectivity index (χ3v) is 5.67. The van der Waals surface area contributed by atoms with Gasteiger partial charge in [0.25, 0.3) is 11.8 Å². The van der Waals surface area contributed by atoms with Gasteiger partial charge in [-0.2, -0.15) is 0 Å². The Morgan fingerprint density at radius 2 is 1.82 bits per heavy atom. The summed E-state index contributed by atoms with van der Waals surface area (Å²) in [6.45, 7) is 0. The molecular weight excluding hydrogens is 460 g/mol. The lowest BCUT2D eigenvalue weighted by molar-refractivity contribution is -0.149. The number of benzene rings is 2. The molecule has 10 heteroatoms. The molecule has 174 valence electrons. The van der Waals surface area contributed by atoms with Gasteiger partial charge in [-0.1, -0.05) is 29.8 Å². The van der Waals surface area contributed by atoms with E-state index >= 15 is 0 Å². The molecule has 3 N–H and O–H groups in total. The van der Waals surface area contributed by atoms with Crippen LogP contribution >= 0.6 is 11.6 Å². The normalized spacial score (nSPS) is 18.0. The fourth-order valence-electron chi connectivity index (χ4n) is 3.81. The molecule has 0 saturated carbocycles. The predicted molar refractivity (Wildman–Crippen MR) is 125 cm³/mol. The minimum absolute atomic E-state index is 0.0329. The number of aryl methyl sites for hydroxylation is 1. The number of halogens is 1. The molecule has 0 radical (unpaired) electrons. The Morgan fingerprint density at radius 3 is 2.59 bits per heavy atom. The SMILES string of the molecule is O=C1CCC(N2C(=O)C=C(Nc3cccc(CCC(=O)Nc4cccc(Cl)c4)c3)C2=O)C(=O)N1. The van der Waals surface area contributed by atoms with Gasteiger partial charge in [0.05, 0.1) is 0 Å². The average Bonchev–Trinajstić information content (AvgIpc) is 3.05. The fraction of sp³-hybridized carbons (Fsp3) is 0.208. The molecule has 1 atom stereocenters. The van der Waals surface area contributed by atoms with Crippen molar-refractivity contribution in [1.29, 1.82) is 0 Å². The first-order valence-electron chi connectivity index (χ1n) is 10.6. The summed E-state index contributed by atoms with van der Waals surface area (Å²) in [6, 6.07) is 13.0. The monoisotopic (exact) mass is 480 g/mol. The van der Waals surface area contributed by atoms with E-state index in [2.05, 4.69) is 16.0 Å². The standard InChI is InChI=1S/C24H21ClN4O5/c25-15-4-2-6-17(12-15)27-20(30)9-7-14-3-1-5-16(11-14)26-18-13-22(32)29(24(18)34)19-8-10-21(31)28-23(19)33/h1-6,11-13,19,26H,7-10H2,(H,27,30)(H,28,31,33). The number of imide groups is 2. The van der Waals surface area contributed by atoms with Gasteiger partial charge in [-0.15, -0.1) is 0 Å². The van der Waals surface area contributed by atoms with Crippen LogP contribution in [0.3, 0.4) is 0 Å². The lowest BCUT2D eigenvalue weighted by Crippen LogP contribution is -2.54. The molecule has 2 aromatic carbocycles. The second kappa shape index (κ2) is 9.88. The van der Waals surface area contributed by atoms with Crippen LogP contribution in [0.5, 0.6) is 0 Å². The van der Waals surface area contributed by atoms with Crippen LogP contribution < -0.4 is 16.0 Å². The molecule has 2 aromatic rings. The van der Waals surface area contributed by atoms with E-state index in [1.807, 2.05) is 6.07 Å². The van der Waals surface area contributed by atoms with Crippen molar-refractivity contribution < 1.29 is 24.0 Å². The van der Waals surface area contributed by atoms with Gasteiger partial charge in [-0.3, -0.25) is 34.2 Å². The van der Waals surface area contributed by atoms with Gasteiger partial charge >= 0.3 is 0 Å². The third kappa shape index (κ3) is 5.32. The average molecular weight is 481 g/mol. The number of nitrogens with one attached hydrogen (secondary N) is 3. The summed E-state index contributed by atoms with van der Waals surface area (Å²) >= 11 is 5.93. The largest absolute Gasteiger partial charge is 0.351 e. The Kier molecular flexibility index (Phi) is 6.74. The molecule has 0 aromatic heterocycles. The molecule has 2 aliphatic heterocycles. The van der Waals surface area contributed by atoms with Crippen molar-refractivity contribution in [3.63, 3.8) is 0 Å². The number of carbonyl (C=O) groups excluding carboxylic acids is 5. The first-order chi connectivity index (χ1) is 16.3. The zero-order valence-electron chi connectivity index (χ0n) is 18.0.